The molecule has 216 valence electrons. The minimum atomic E-state index is -0.475. The van der Waals surface area contributed by atoms with Gasteiger partial charge in [-0.15, -0.1) is 0 Å². The molecule has 0 unspecified atom stereocenters. The first-order chi connectivity index (χ1) is 20.9. The summed E-state index contributed by atoms with van der Waals surface area (Å²) in [6.45, 7) is 0.327. The third-order valence-corrected chi connectivity index (χ3v) is 7.77. The Hall–Kier alpha value is -5.29. The maximum atomic E-state index is 13.2. The van der Waals surface area contributed by atoms with Crippen molar-refractivity contribution in [1.29, 1.82) is 0 Å². The second-order valence-corrected chi connectivity index (χ2v) is 10.4. The van der Waals surface area contributed by atoms with Gasteiger partial charge in [0.05, 0.1) is 35.4 Å². The van der Waals surface area contributed by atoms with E-state index in [2.05, 4.69) is 15.6 Å². The molecule has 3 heterocycles. The molecule has 0 saturated carbocycles. The van der Waals surface area contributed by atoms with Gasteiger partial charge in [-0.3, -0.25) is 19.9 Å². The molecule has 10 nitrogen and oxygen atoms in total. The van der Waals surface area contributed by atoms with Crippen LogP contribution >= 0.6 is 12.2 Å². The van der Waals surface area contributed by atoms with Crippen molar-refractivity contribution in [3.63, 3.8) is 0 Å². The van der Waals surface area contributed by atoms with Crippen molar-refractivity contribution in [2.75, 3.05) is 19.0 Å². The van der Waals surface area contributed by atoms with Gasteiger partial charge in [-0.25, -0.2) is 0 Å². The lowest BCUT2D eigenvalue weighted by atomic mass is 10.0. The third kappa shape index (κ3) is 5.62. The number of ether oxygens (including phenoxy) is 1. The molecule has 0 radical (unpaired) electrons. The Morgan fingerprint density at radius 1 is 1.09 bits per heavy atom. The summed E-state index contributed by atoms with van der Waals surface area (Å²) in [4.78, 5) is 30.4. The lowest BCUT2D eigenvalue weighted by Gasteiger charge is -2.26. The number of carbonyl (C=O) groups excluding carboxylic acids is 1. The number of benzene rings is 3. The highest BCUT2D eigenvalue weighted by atomic mass is 32.1. The van der Waals surface area contributed by atoms with Crippen molar-refractivity contribution in [1.82, 2.24) is 15.2 Å². The average Bonchev–Trinajstić information content (AvgIpc) is 3.64. The summed E-state index contributed by atoms with van der Waals surface area (Å²) in [6, 6.07) is 26.6. The fraction of sp³-hybridized carbons (Fsp3) is 0.156. The van der Waals surface area contributed by atoms with E-state index in [1.807, 2.05) is 71.6 Å². The molecule has 6 rings (SSSR count). The fourth-order valence-electron chi connectivity index (χ4n) is 5.38. The molecule has 11 heteroatoms. The standard InChI is InChI=1S/C32H27N5O5S/c1-41-28-19-21(37(39)40)12-13-23(28)26-14-15-27(42-26)31-30(25-10-4-5-17-33-25)35-32(43)36(31)18-16-29(38)34-24-11-6-8-20-7-2-3-9-22(20)24/h2-15,17,19,30-31H,16,18H2,1H3,(H,34,38)(H,35,43)/t30-,31+/m1/s1. The smallest absolute Gasteiger partial charge is 0.273 e. The second-order valence-electron chi connectivity index (χ2n) is 9.99. The summed E-state index contributed by atoms with van der Waals surface area (Å²) in [5.74, 6) is 1.24. The first-order valence-electron chi connectivity index (χ1n) is 13.6. The van der Waals surface area contributed by atoms with Crippen LogP contribution < -0.4 is 15.4 Å². The van der Waals surface area contributed by atoms with Crippen LogP contribution in [-0.2, 0) is 4.79 Å². The van der Waals surface area contributed by atoms with Gasteiger partial charge >= 0.3 is 0 Å². The van der Waals surface area contributed by atoms with Gasteiger partial charge in [0.1, 0.15) is 23.3 Å². The van der Waals surface area contributed by atoms with Crippen molar-refractivity contribution in [2.24, 2.45) is 0 Å². The van der Waals surface area contributed by atoms with E-state index in [-0.39, 0.29) is 24.1 Å². The lowest BCUT2D eigenvalue weighted by molar-refractivity contribution is -0.384. The Labute approximate surface area is 252 Å². The van der Waals surface area contributed by atoms with E-state index in [1.165, 1.54) is 19.2 Å². The first-order valence-corrected chi connectivity index (χ1v) is 14.0. The largest absolute Gasteiger partial charge is 0.496 e. The van der Waals surface area contributed by atoms with Gasteiger partial charge in [-0.05, 0) is 54.0 Å². The number of carbonyl (C=O) groups is 1. The molecule has 5 aromatic rings. The molecule has 1 aliphatic heterocycles. The zero-order chi connectivity index (χ0) is 29.9. The molecular formula is C32H27N5O5S. The number of methoxy groups -OCH3 is 1. The van der Waals surface area contributed by atoms with Crippen LogP contribution in [0.15, 0.2) is 102 Å². The number of furan rings is 1. The number of nitro groups is 1. The summed E-state index contributed by atoms with van der Waals surface area (Å²) < 4.78 is 11.8. The number of fused-ring (bicyclic) bond motifs is 1. The van der Waals surface area contributed by atoms with Crippen LogP contribution in [0.3, 0.4) is 0 Å². The number of thiocarbonyl (C=S) groups is 1. The first kappa shape index (κ1) is 27.9. The molecule has 1 saturated heterocycles. The minimum absolute atomic E-state index is 0.0825. The van der Waals surface area contributed by atoms with Crippen LogP contribution in [0.4, 0.5) is 11.4 Å². The summed E-state index contributed by atoms with van der Waals surface area (Å²) in [7, 11) is 1.45. The Bertz CT molecular complexity index is 1820. The van der Waals surface area contributed by atoms with Gasteiger partial charge in [0, 0.05) is 36.3 Å². The molecule has 1 fully saturated rings. The van der Waals surface area contributed by atoms with Gasteiger partial charge in [0.2, 0.25) is 5.91 Å². The van der Waals surface area contributed by atoms with Gasteiger partial charge in [0.15, 0.2) is 5.11 Å². The molecule has 0 bridgehead atoms. The number of aromatic nitrogens is 1. The maximum absolute atomic E-state index is 13.2. The zero-order valence-electron chi connectivity index (χ0n) is 23.1. The van der Waals surface area contributed by atoms with Gasteiger partial charge in [-0.2, -0.15) is 0 Å². The summed E-state index contributed by atoms with van der Waals surface area (Å²) >= 11 is 5.75. The van der Waals surface area contributed by atoms with Crippen molar-refractivity contribution < 1.29 is 18.9 Å². The lowest BCUT2D eigenvalue weighted by Crippen LogP contribution is -2.32. The van der Waals surface area contributed by atoms with Crippen LogP contribution in [0.25, 0.3) is 22.1 Å². The normalized spacial score (nSPS) is 16.2. The van der Waals surface area contributed by atoms with Crippen LogP contribution in [0.5, 0.6) is 5.75 Å². The van der Waals surface area contributed by atoms with E-state index in [1.54, 1.807) is 18.3 Å². The maximum Gasteiger partial charge on any atom is 0.273 e. The molecule has 2 aromatic heterocycles. The van der Waals surface area contributed by atoms with Crippen molar-refractivity contribution >= 4 is 45.4 Å². The average molecular weight is 594 g/mol. The summed E-state index contributed by atoms with van der Waals surface area (Å²) in [5, 5.41) is 20.2. The van der Waals surface area contributed by atoms with E-state index >= 15 is 0 Å². The summed E-state index contributed by atoms with van der Waals surface area (Å²) in [6.07, 6.45) is 1.90. The van der Waals surface area contributed by atoms with Gasteiger partial charge in [-0.1, -0.05) is 42.5 Å². The topological polar surface area (TPSA) is 123 Å². The number of nitrogens with zero attached hydrogens (tertiary/aromatic N) is 3. The number of pyridine rings is 1. The van der Waals surface area contributed by atoms with E-state index < -0.39 is 11.0 Å². The van der Waals surface area contributed by atoms with Crippen molar-refractivity contribution in [2.45, 2.75) is 18.5 Å². The van der Waals surface area contributed by atoms with Crippen molar-refractivity contribution in [3.8, 4) is 17.1 Å². The highest BCUT2D eigenvalue weighted by Crippen LogP contribution is 2.42. The molecular weight excluding hydrogens is 566 g/mol. The van der Waals surface area contributed by atoms with Crippen molar-refractivity contribution in [3.05, 3.63) is 119 Å². The highest BCUT2D eigenvalue weighted by Gasteiger charge is 2.41. The predicted octanol–water partition coefficient (Wildman–Crippen LogP) is 6.41. The number of anilines is 1. The van der Waals surface area contributed by atoms with E-state index in [0.29, 0.717) is 34.5 Å². The molecule has 3 aromatic carbocycles. The number of nitro benzene ring substituents is 1. The number of hydrogen-bond acceptors (Lipinski definition) is 7. The Kier molecular flexibility index (Phi) is 7.71. The molecule has 1 amide bonds. The predicted molar refractivity (Wildman–Crippen MR) is 167 cm³/mol. The zero-order valence-corrected chi connectivity index (χ0v) is 23.9. The van der Waals surface area contributed by atoms with E-state index in [9.17, 15) is 14.9 Å². The van der Waals surface area contributed by atoms with E-state index in [0.717, 1.165) is 22.2 Å². The number of nitrogens with one attached hydrogen (secondary N) is 2. The highest BCUT2D eigenvalue weighted by molar-refractivity contribution is 7.80. The summed E-state index contributed by atoms with van der Waals surface area (Å²) in [5.41, 5.74) is 2.01. The third-order valence-electron chi connectivity index (χ3n) is 7.42. The molecule has 43 heavy (non-hydrogen) atoms. The number of amides is 1. The van der Waals surface area contributed by atoms with Crippen LogP contribution in [0, 0.1) is 10.1 Å². The Morgan fingerprint density at radius 3 is 2.70 bits per heavy atom. The molecule has 2 N–H and O–H groups in total. The fourth-order valence-corrected chi connectivity index (χ4v) is 5.71. The number of hydrogen-bond donors (Lipinski definition) is 2. The van der Waals surface area contributed by atoms with Crippen LogP contribution in [0.1, 0.15) is 30.0 Å². The number of rotatable bonds is 9. The van der Waals surface area contributed by atoms with Crippen LogP contribution in [0.2, 0.25) is 0 Å². The molecule has 0 spiro atoms. The van der Waals surface area contributed by atoms with Crippen LogP contribution in [-0.4, -0.2) is 39.5 Å². The molecule has 1 aliphatic rings. The van der Waals surface area contributed by atoms with Gasteiger partial charge < -0.3 is 24.7 Å². The SMILES string of the molecule is COc1cc([N+](=O)[O-])ccc1-c1ccc([C@H]2[C@@H](c3ccccn3)NC(=S)N2CCC(=O)Nc2cccc3ccccc23)o1. The second kappa shape index (κ2) is 11.9. The van der Waals surface area contributed by atoms with Gasteiger partial charge in [0.25, 0.3) is 5.69 Å². The number of non-ortho nitro benzene ring substituents is 1. The Balaban J connectivity index is 1.27. The molecule has 2 atom stereocenters. The monoisotopic (exact) mass is 593 g/mol. The minimum Gasteiger partial charge on any atom is -0.496 e. The molecule has 0 aliphatic carbocycles. The quantitative estimate of drug-likeness (QED) is 0.113. The Morgan fingerprint density at radius 2 is 1.91 bits per heavy atom. The van der Waals surface area contributed by atoms with E-state index in [4.69, 9.17) is 21.4 Å².